The summed E-state index contributed by atoms with van der Waals surface area (Å²) < 4.78 is 32.3. The van der Waals surface area contributed by atoms with E-state index in [1.807, 2.05) is 12.1 Å². The van der Waals surface area contributed by atoms with Crippen LogP contribution in [-0.4, -0.2) is 19.6 Å². The maximum atomic E-state index is 13.7. The van der Waals surface area contributed by atoms with Crippen molar-refractivity contribution in [3.8, 4) is 11.5 Å². The molecule has 0 atom stereocenters. The lowest BCUT2D eigenvalue weighted by Gasteiger charge is -2.18. The molecule has 0 heterocycles. The Morgan fingerprint density at radius 1 is 0.450 bits per heavy atom. The standard InChI is InChI=1S/C28H16O10P2/c29-27-19-5-1-3-17-23-15-9-7-14(38-40(34,35)36)12-22(15)28(30)20-6-2-4-18(26(20)23)24(25(17)19)16-10-8-13(11-21(16)27)37-39(31,32)33/h1-12H,(H2,31,32,33)(H2,34,35,36). The monoisotopic (exact) mass is 574 g/mol. The molecule has 0 spiro atoms. The van der Waals surface area contributed by atoms with Crippen molar-refractivity contribution in [3.05, 3.63) is 93.2 Å². The van der Waals surface area contributed by atoms with Crippen LogP contribution in [0.15, 0.2) is 82.4 Å². The van der Waals surface area contributed by atoms with Crippen molar-refractivity contribution in [2.24, 2.45) is 0 Å². The molecule has 7 aromatic rings. The molecule has 12 heteroatoms. The zero-order chi connectivity index (χ0) is 28.1. The molecule has 0 radical (unpaired) electrons. The Morgan fingerprint density at radius 2 is 0.800 bits per heavy atom. The fraction of sp³-hybridized carbons (Fsp3) is 0. The van der Waals surface area contributed by atoms with Gasteiger partial charge in [0.05, 0.1) is 0 Å². The van der Waals surface area contributed by atoms with Crippen molar-refractivity contribution in [3.63, 3.8) is 0 Å². The highest BCUT2D eigenvalue weighted by atomic mass is 31.2. The summed E-state index contributed by atoms with van der Waals surface area (Å²) in [5.41, 5.74) is -0.714. The van der Waals surface area contributed by atoms with Crippen LogP contribution in [0.4, 0.5) is 0 Å². The van der Waals surface area contributed by atoms with Gasteiger partial charge in [0.25, 0.3) is 0 Å². The van der Waals surface area contributed by atoms with Gasteiger partial charge in [-0.3, -0.25) is 29.2 Å². The van der Waals surface area contributed by atoms with Gasteiger partial charge in [-0.1, -0.05) is 36.4 Å². The number of rotatable bonds is 4. The van der Waals surface area contributed by atoms with Crippen molar-refractivity contribution in [2.75, 3.05) is 0 Å². The first-order chi connectivity index (χ1) is 18.9. The fourth-order valence-electron chi connectivity index (χ4n) is 5.80. The highest BCUT2D eigenvalue weighted by molar-refractivity contribution is 7.47. The molecular formula is C28H16O10P2. The molecule has 4 N–H and O–H groups in total. The minimum atomic E-state index is -4.86. The van der Waals surface area contributed by atoms with E-state index in [4.69, 9.17) is 9.05 Å². The summed E-state index contributed by atoms with van der Waals surface area (Å²) in [6, 6.07) is 19.0. The van der Waals surface area contributed by atoms with Crippen LogP contribution in [0, 0.1) is 0 Å². The second-order valence-corrected chi connectivity index (χ2v) is 11.8. The fourth-order valence-corrected chi connectivity index (χ4v) is 6.58. The van der Waals surface area contributed by atoms with Crippen LogP contribution in [0.2, 0.25) is 0 Å². The summed E-state index contributed by atoms with van der Waals surface area (Å²) in [6.07, 6.45) is 0. The number of phosphoric acid groups is 2. The van der Waals surface area contributed by atoms with Gasteiger partial charge < -0.3 is 9.05 Å². The third-order valence-electron chi connectivity index (χ3n) is 7.12. The Morgan fingerprint density at radius 3 is 1.18 bits per heavy atom. The number of hydrogen-bond acceptors (Lipinski definition) is 6. The molecule has 0 saturated heterocycles. The number of hydrogen-bond donors (Lipinski definition) is 4. The van der Waals surface area contributed by atoms with Crippen molar-refractivity contribution in [1.29, 1.82) is 0 Å². The molecule has 7 aromatic carbocycles. The summed E-state index contributed by atoms with van der Waals surface area (Å²) >= 11 is 0. The van der Waals surface area contributed by atoms with E-state index in [-0.39, 0.29) is 33.1 Å². The van der Waals surface area contributed by atoms with Crippen LogP contribution in [0.1, 0.15) is 0 Å². The van der Waals surface area contributed by atoms with E-state index in [1.54, 1.807) is 36.4 Å². The number of phosphoric ester groups is 2. The highest BCUT2D eigenvalue weighted by Crippen LogP contribution is 2.46. The first-order valence-corrected chi connectivity index (χ1v) is 14.9. The lowest BCUT2D eigenvalue weighted by atomic mass is 9.85. The molecular weight excluding hydrogens is 558 g/mol. The topological polar surface area (TPSA) is 168 Å². The maximum absolute atomic E-state index is 13.7. The lowest BCUT2D eigenvalue weighted by Crippen LogP contribution is -2.07. The van der Waals surface area contributed by atoms with Gasteiger partial charge in [0.15, 0.2) is 10.9 Å². The average Bonchev–Trinajstić information content (AvgIpc) is 2.88. The zero-order valence-corrected chi connectivity index (χ0v) is 21.8. The van der Waals surface area contributed by atoms with E-state index in [9.17, 15) is 38.3 Å². The summed E-state index contributed by atoms with van der Waals surface area (Å²) in [5, 5.41) is 6.29. The smallest absolute Gasteiger partial charge is 0.404 e. The van der Waals surface area contributed by atoms with E-state index in [2.05, 4.69) is 0 Å². The predicted octanol–water partition coefficient (Wildman–Crippen LogP) is 5.14. The van der Waals surface area contributed by atoms with Gasteiger partial charge in [-0.15, -0.1) is 0 Å². The molecule has 0 bridgehead atoms. The normalized spacial score (nSPS) is 12.9. The van der Waals surface area contributed by atoms with E-state index in [1.165, 1.54) is 24.3 Å². The van der Waals surface area contributed by atoms with Crippen LogP contribution in [0.5, 0.6) is 11.5 Å². The molecule has 10 nitrogen and oxygen atoms in total. The van der Waals surface area contributed by atoms with Crippen molar-refractivity contribution >= 4 is 80.3 Å². The number of benzene rings is 7. The second-order valence-electron chi connectivity index (χ2n) is 9.44. The molecule has 0 fully saturated rings. The highest BCUT2D eigenvalue weighted by Gasteiger charge is 2.23. The lowest BCUT2D eigenvalue weighted by molar-refractivity contribution is 0.281. The average molecular weight is 574 g/mol. The van der Waals surface area contributed by atoms with Gasteiger partial charge >= 0.3 is 15.6 Å². The van der Waals surface area contributed by atoms with Crippen LogP contribution in [0.3, 0.4) is 0 Å². The molecule has 0 amide bonds. The van der Waals surface area contributed by atoms with Gasteiger partial charge in [0.1, 0.15) is 11.5 Å². The van der Waals surface area contributed by atoms with Gasteiger partial charge in [-0.25, -0.2) is 9.13 Å². The molecule has 0 aliphatic heterocycles. The van der Waals surface area contributed by atoms with Crippen molar-refractivity contribution < 1.29 is 37.8 Å². The van der Waals surface area contributed by atoms with Crippen LogP contribution in [-0.2, 0) is 9.13 Å². The third-order valence-corrected chi connectivity index (χ3v) is 8.01. The quantitative estimate of drug-likeness (QED) is 0.125. The van der Waals surface area contributed by atoms with E-state index in [0.29, 0.717) is 53.9 Å². The SMILES string of the molecule is O=c1c2cc(OP(=O)(O)O)ccc2c2c3cccc4c(=O)c5cc(OP(=O)(O)O)ccc5c(c5cccc1c52)c43. The Bertz CT molecular complexity index is 2260. The third kappa shape index (κ3) is 3.67. The Balaban J connectivity index is 1.71. The summed E-state index contributed by atoms with van der Waals surface area (Å²) in [7, 11) is -9.71. The van der Waals surface area contributed by atoms with Gasteiger partial charge in [0, 0.05) is 32.3 Å². The predicted molar refractivity (Wildman–Crippen MR) is 152 cm³/mol. The molecule has 40 heavy (non-hydrogen) atoms. The van der Waals surface area contributed by atoms with Gasteiger partial charge in [-0.05, 0) is 68.7 Å². The molecule has 0 saturated carbocycles. The van der Waals surface area contributed by atoms with Crippen LogP contribution >= 0.6 is 15.6 Å². The summed E-state index contributed by atoms with van der Waals surface area (Å²) in [6.45, 7) is 0. The van der Waals surface area contributed by atoms with Crippen molar-refractivity contribution in [2.45, 2.75) is 0 Å². The molecule has 0 aromatic heterocycles. The van der Waals surface area contributed by atoms with Gasteiger partial charge in [0.2, 0.25) is 0 Å². The first-order valence-electron chi connectivity index (χ1n) is 11.8. The Kier molecular flexibility index (Phi) is 5.09. The molecule has 0 aliphatic rings. The van der Waals surface area contributed by atoms with E-state index < -0.39 is 15.6 Å². The minimum absolute atomic E-state index is 0.156. The molecule has 0 unspecified atom stereocenters. The Labute approximate surface area is 222 Å². The maximum Gasteiger partial charge on any atom is 0.524 e. The summed E-state index contributed by atoms with van der Waals surface area (Å²) in [4.78, 5) is 64.5. The zero-order valence-electron chi connectivity index (χ0n) is 20.1. The summed E-state index contributed by atoms with van der Waals surface area (Å²) in [5.74, 6) is -0.313. The Hall–Kier alpha value is -4.14. The largest absolute Gasteiger partial charge is 0.524 e. The van der Waals surface area contributed by atoms with E-state index in [0.717, 1.165) is 0 Å². The molecule has 0 aliphatic carbocycles. The second kappa shape index (κ2) is 8.19. The minimum Gasteiger partial charge on any atom is -0.404 e. The van der Waals surface area contributed by atoms with Crippen LogP contribution in [0.25, 0.3) is 64.6 Å². The first kappa shape index (κ1) is 24.9. The molecule has 7 rings (SSSR count). The van der Waals surface area contributed by atoms with E-state index >= 15 is 0 Å². The number of fused-ring (bicyclic) bond motifs is 6. The van der Waals surface area contributed by atoms with Crippen LogP contribution < -0.4 is 19.9 Å². The van der Waals surface area contributed by atoms with Gasteiger partial charge in [-0.2, -0.15) is 0 Å². The molecule has 198 valence electrons. The van der Waals surface area contributed by atoms with Crippen molar-refractivity contribution in [1.82, 2.24) is 0 Å².